The third-order valence-electron chi connectivity index (χ3n) is 5.24. The first kappa shape index (κ1) is 25.4. The molecule has 1 aromatic heterocycles. The number of methoxy groups -OCH3 is 1. The normalized spacial score (nSPS) is 12.2. The van der Waals surface area contributed by atoms with Gasteiger partial charge in [0.25, 0.3) is 0 Å². The Morgan fingerprint density at radius 1 is 1.23 bits per heavy atom. The molecule has 13 heteroatoms. The summed E-state index contributed by atoms with van der Waals surface area (Å²) in [5.41, 5.74) is 3.48. The van der Waals surface area contributed by atoms with Crippen molar-refractivity contribution in [3.05, 3.63) is 58.9 Å². The van der Waals surface area contributed by atoms with Crippen molar-refractivity contribution in [2.75, 3.05) is 17.7 Å². The van der Waals surface area contributed by atoms with Gasteiger partial charge in [-0.15, -0.1) is 0 Å². The van der Waals surface area contributed by atoms with Crippen LogP contribution < -0.4 is 15.4 Å². The highest BCUT2D eigenvalue weighted by atomic mass is 19.4. The van der Waals surface area contributed by atoms with Gasteiger partial charge in [-0.1, -0.05) is 6.07 Å². The average molecular weight is 497 g/mol. The summed E-state index contributed by atoms with van der Waals surface area (Å²) in [5, 5.41) is 13.0. The maximum atomic E-state index is 15.0. The summed E-state index contributed by atoms with van der Waals surface area (Å²) in [4.78, 5) is 12.5. The molecule has 1 amide bonds. The number of nitrogens with two attached hydrogens (primary N) is 1. The molecule has 0 aliphatic rings. The molecule has 0 spiro atoms. The zero-order valence-electron chi connectivity index (χ0n) is 18.2. The van der Waals surface area contributed by atoms with Gasteiger partial charge in [0.05, 0.1) is 19.3 Å². The standard InChI is InChI=1S/C22H17F6N5O2/c1-11(22(26,27)28)33-21(30)15(8-29)20(31-33)14-5-3-12(18(24)19(14)25)9-32(10-34)16-7-13(23)4-6-17(16)35-2/h3-7,10-11H,9,30H2,1-2H3. The summed E-state index contributed by atoms with van der Waals surface area (Å²) in [5.74, 6) is -4.26. The molecule has 0 bridgehead atoms. The minimum Gasteiger partial charge on any atom is -0.495 e. The van der Waals surface area contributed by atoms with E-state index in [0.717, 1.165) is 36.1 Å². The van der Waals surface area contributed by atoms with Gasteiger partial charge in [-0.3, -0.25) is 4.79 Å². The van der Waals surface area contributed by atoms with E-state index < -0.39 is 58.9 Å². The van der Waals surface area contributed by atoms with Gasteiger partial charge in [0.1, 0.15) is 40.8 Å². The molecule has 0 aliphatic carbocycles. The maximum absolute atomic E-state index is 15.0. The van der Waals surface area contributed by atoms with Crippen molar-refractivity contribution in [3.63, 3.8) is 0 Å². The topological polar surface area (TPSA) is 97.2 Å². The van der Waals surface area contributed by atoms with Gasteiger partial charge in [0.2, 0.25) is 6.41 Å². The fourth-order valence-corrected chi connectivity index (χ4v) is 3.32. The minimum atomic E-state index is -4.77. The number of benzene rings is 2. The number of carbonyl (C=O) groups is 1. The second kappa shape index (κ2) is 9.57. The summed E-state index contributed by atoms with van der Waals surface area (Å²) in [7, 11) is 1.27. The number of hydrogen-bond acceptors (Lipinski definition) is 5. The molecule has 0 fully saturated rings. The Labute approximate surface area is 194 Å². The molecule has 3 rings (SSSR count). The van der Waals surface area contributed by atoms with Crippen molar-refractivity contribution in [2.45, 2.75) is 25.7 Å². The van der Waals surface area contributed by atoms with E-state index >= 15 is 4.39 Å². The van der Waals surface area contributed by atoms with Crippen LogP contribution in [-0.4, -0.2) is 29.5 Å². The van der Waals surface area contributed by atoms with E-state index in [-0.39, 0.29) is 23.4 Å². The highest BCUT2D eigenvalue weighted by molar-refractivity contribution is 5.79. The molecule has 0 saturated carbocycles. The summed E-state index contributed by atoms with van der Waals surface area (Å²) >= 11 is 0. The van der Waals surface area contributed by atoms with Crippen LogP contribution in [0.2, 0.25) is 0 Å². The lowest BCUT2D eigenvalue weighted by atomic mass is 10.0. The molecular formula is C22H17F6N5O2. The number of amides is 1. The minimum absolute atomic E-state index is 0.0502. The van der Waals surface area contributed by atoms with Crippen molar-refractivity contribution >= 4 is 17.9 Å². The number of nitrogens with zero attached hydrogens (tertiary/aromatic N) is 4. The monoisotopic (exact) mass is 497 g/mol. The largest absolute Gasteiger partial charge is 0.495 e. The molecule has 0 saturated heterocycles. The van der Waals surface area contributed by atoms with Crippen LogP contribution in [0.5, 0.6) is 5.75 Å². The van der Waals surface area contributed by atoms with Crippen molar-refractivity contribution in [1.82, 2.24) is 9.78 Å². The van der Waals surface area contributed by atoms with Crippen molar-refractivity contribution < 1.29 is 35.9 Å². The first-order valence-corrected chi connectivity index (χ1v) is 9.82. The lowest BCUT2D eigenvalue weighted by Crippen LogP contribution is -2.25. The SMILES string of the molecule is COc1ccc(F)cc1N(C=O)Cc1ccc(-c2nn(C(C)C(F)(F)F)c(N)c2C#N)c(F)c1F. The lowest BCUT2D eigenvalue weighted by molar-refractivity contribution is -0.164. The Morgan fingerprint density at radius 2 is 1.91 bits per heavy atom. The average Bonchev–Trinajstić information content (AvgIpc) is 3.14. The number of alkyl halides is 3. The molecule has 7 nitrogen and oxygen atoms in total. The van der Waals surface area contributed by atoms with Gasteiger partial charge in [0.15, 0.2) is 11.6 Å². The van der Waals surface area contributed by atoms with E-state index in [1.165, 1.54) is 13.2 Å². The lowest BCUT2D eigenvalue weighted by Gasteiger charge is -2.21. The van der Waals surface area contributed by atoms with Crippen LogP contribution >= 0.6 is 0 Å². The summed E-state index contributed by atoms with van der Waals surface area (Å²) in [6, 6.07) is 4.66. The van der Waals surface area contributed by atoms with E-state index in [4.69, 9.17) is 10.5 Å². The smallest absolute Gasteiger partial charge is 0.410 e. The number of carbonyl (C=O) groups excluding carboxylic acids is 1. The molecule has 0 aliphatic heterocycles. The molecule has 0 radical (unpaired) electrons. The van der Waals surface area contributed by atoms with E-state index in [2.05, 4.69) is 5.10 Å². The van der Waals surface area contributed by atoms with Crippen LogP contribution in [0.15, 0.2) is 30.3 Å². The fourth-order valence-electron chi connectivity index (χ4n) is 3.32. The van der Waals surface area contributed by atoms with Crippen LogP contribution in [0.4, 0.5) is 37.8 Å². The Kier molecular flexibility index (Phi) is 6.95. The second-order valence-corrected chi connectivity index (χ2v) is 7.33. The van der Waals surface area contributed by atoms with Crippen LogP contribution in [0.3, 0.4) is 0 Å². The Morgan fingerprint density at radius 3 is 2.49 bits per heavy atom. The highest BCUT2D eigenvalue weighted by Crippen LogP contribution is 2.37. The summed E-state index contributed by atoms with van der Waals surface area (Å²) in [6.45, 7) is 0.197. The Bertz CT molecular complexity index is 1320. The number of hydrogen-bond donors (Lipinski definition) is 1. The highest BCUT2D eigenvalue weighted by Gasteiger charge is 2.40. The van der Waals surface area contributed by atoms with Crippen LogP contribution in [0, 0.1) is 28.8 Å². The quantitative estimate of drug-likeness (QED) is 0.377. The van der Waals surface area contributed by atoms with E-state index in [1.54, 1.807) is 6.07 Å². The number of aromatic nitrogens is 2. The molecule has 2 N–H and O–H groups in total. The molecule has 184 valence electrons. The van der Waals surface area contributed by atoms with Gasteiger partial charge in [-0.2, -0.15) is 23.5 Å². The first-order valence-electron chi connectivity index (χ1n) is 9.82. The fraction of sp³-hybridized carbons (Fsp3) is 0.227. The molecular weight excluding hydrogens is 480 g/mol. The Hall–Kier alpha value is -4.21. The zero-order chi connectivity index (χ0) is 26.1. The molecule has 35 heavy (non-hydrogen) atoms. The van der Waals surface area contributed by atoms with Crippen LogP contribution in [0.1, 0.15) is 24.1 Å². The number of halogens is 6. The van der Waals surface area contributed by atoms with Crippen LogP contribution in [0.25, 0.3) is 11.3 Å². The van der Waals surface area contributed by atoms with Gasteiger partial charge in [-0.05, 0) is 25.1 Å². The molecule has 3 aromatic rings. The third kappa shape index (κ3) is 4.72. The molecule has 1 atom stereocenters. The summed E-state index contributed by atoms with van der Waals surface area (Å²) in [6.07, 6.45) is -4.51. The van der Waals surface area contributed by atoms with Crippen LogP contribution in [-0.2, 0) is 11.3 Å². The second-order valence-electron chi connectivity index (χ2n) is 7.33. The van der Waals surface area contributed by atoms with Gasteiger partial charge in [0, 0.05) is 17.2 Å². The number of nitrogen functional groups attached to an aromatic ring is 1. The Balaban J connectivity index is 2.05. The van der Waals surface area contributed by atoms with Gasteiger partial charge >= 0.3 is 6.18 Å². The number of rotatable bonds is 7. The first-order chi connectivity index (χ1) is 16.4. The maximum Gasteiger partial charge on any atom is 0.410 e. The predicted octanol–water partition coefficient (Wildman–Crippen LogP) is 4.72. The zero-order valence-corrected chi connectivity index (χ0v) is 18.2. The molecule has 1 unspecified atom stereocenters. The van der Waals surface area contributed by atoms with E-state index in [1.807, 2.05) is 0 Å². The van der Waals surface area contributed by atoms with Gasteiger partial charge < -0.3 is 15.4 Å². The van der Waals surface area contributed by atoms with E-state index in [9.17, 15) is 32.0 Å². The molecule has 1 heterocycles. The van der Waals surface area contributed by atoms with Crippen molar-refractivity contribution in [2.24, 2.45) is 0 Å². The van der Waals surface area contributed by atoms with Gasteiger partial charge in [-0.25, -0.2) is 17.9 Å². The van der Waals surface area contributed by atoms with E-state index in [0.29, 0.717) is 4.68 Å². The predicted molar refractivity (Wildman–Crippen MR) is 113 cm³/mol. The third-order valence-corrected chi connectivity index (χ3v) is 5.24. The number of anilines is 2. The molecule has 2 aromatic carbocycles. The van der Waals surface area contributed by atoms with Crippen molar-refractivity contribution in [3.8, 4) is 23.1 Å². The summed E-state index contributed by atoms with van der Waals surface area (Å²) < 4.78 is 88.4. The number of nitriles is 1. The van der Waals surface area contributed by atoms with Crippen molar-refractivity contribution in [1.29, 1.82) is 5.26 Å². The number of ether oxygens (including phenoxy) is 1.